The number of ether oxygens (including phenoxy) is 9. The van der Waals surface area contributed by atoms with E-state index < -0.39 is 163 Å². The highest BCUT2D eigenvalue weighted by Gasteiger charge is 2.58. The summed E-state index contributed by atoms with van der Waals surface area (Å²) in [5.74, 6) is -9.90. The van der Waals surface area contributed by atoms with Gasteiger partial charge in [0, 0.05) is 102 Å². The van der Waals surface area contributed by atoms with Gasteiger partial charge in [-0.15, -0.1) is 0 Å². The molecule has 0 amide bonds. The third-order valence-corrected chi connectivity index (χ3v) is 18.0. The maximum Gasteiger partial charge on any atom is 0.308 e. The lowest BCUT2D eigenvalue weighted by Gasteiger charge is -2.52. The van der Waals surface area contributed by atoms with E-state index in [2.05, 4.69) is 19.7 Å². The maximum absolute atomic E-state index is 14.4. The van der Waals surface area contributed by atoms with Crippen LogP contribution in [0.5, 0.6) is 0 Å². The lowest BCUT2D eigenvalue weighted by atomic mass is 9.78. The minimum Gasteiger partial charge on any atom is -0.462 e. The largest absolute Gasteiger partial charge is 0.462 e. The zero-order valence-corrected chi connectivity index (χ0v) is 48.6. The van der Waals surface area contributed by atoms with Gasteiger partial charge in [0.1, 0.15) is 30.2 Å². The highest BCUT2D eigenvalue weighted by Crippen LogP contribution is 2.48. The first kappa shape index (κ1) is 65.3. The van der Waals surface area contributed by atoms with E-state index in [1.165, 1.54) is 19.1 Å². The fraction of sp³-hybridized carbons (Fsp3) is 0.787. The highest BCUT2D eigenvalue weighted by molar-refractivity contribution is 5.81. The quantitative estimate of drug-likeness (QED) is 0.0922. The van der Waals surface area contributed by atoms with Crippen LogP contribution in [0.4, 0.5) is 0 Å². The smallest absolute Gasteiger partial charge is 0.308 e. The Morgan fingerprint density at radius 2 is 1.51 bits per heavy atom. The van der Waals surface area contributed by atoms with Gasteiger partial charge in [0.05, 0.1) is 85.3 Å². The van der Waals surface area contributed by atoms with Crippen molar-refractivity contribution in [3.63, 3.8) is 0 Å². The summed E-state index contributed by atoms with van der Waals surface area (Å²) >= 11 is 0. The van der Waals surface area contributed by atoms with Gasteiger partial charge >= 0.3 is 11.9 Å². The SMILES string of the molecule is C=C/C=C/[C@@H](O)CC(=C)C[C@H]1O[C@@H]2[C@H](C)[C@@H](OC(=O)C[C@H]3C[C@H](OC(C)=O)C[C@@]4(C[C@@](C)(O)C[C@H](CC(=C)[C@@H](C)[C@H](O)[C@H](C)C(=O)C[C@@H]5C[C@H](OC)C[C@@]6(C[C@@H](O)C[C@H](/C=C\CCC[C@H]7O[C@](O)(C[C@H](O)[C@H]7C)[C@H]2O)O6)O5)O4)O3)[C@@H]1O. The number of carbonyl (C=O) groups excluding carboxylic acids is 3. The number of hydrogen-bond acceptors (Lipinski definition) is 20. The number of aliphatic hydroxyl groups excluding tert-OH is 6. The third kappa shape index (κ3) is 16.6. The van der Waals surface area contributed by atoms with Crippen molar-refractivity contribution >= 4 is 17.7 Å². The zero-order chi connectivity index (χ0) is 59.4. The van der Waals surface area contributed by atoms with Crippen LogP contribution in [0, 0.1) is 23.7 Å². The van der Waals surface area contributed by atoms with Gasteiger partial charge in [0.2, 0.25) is 0 Å². The number of esters is 2. The molecule has 0 aliphatic carbocycles. The molecule has 24 atom stereocenters. The normalized spacial score (nSPS) is 46.2. The van der Waals surface area contributed by atoms with Crippen LogP contribution in [0.1, 0.15) is 151 Å². The number of hydrogen-bond donors (Lipinski definition) is 8. The van der Waals surface area contributed by atoms with E-state index >= 15 is 0 Å². The molecule has 0 radical (unpaired) electrons. The molecule has 0 aromatic carbocycles. The van der Waals surface area contributed by atoms with E-state index in [1.54, 1.807) is 47.8 Å². The van der Waals surface area contributed by atoms with Gasteiger partial charge in [0.15, 0.2) is 17.4 Å². The van der Waals surface area contributed by atoms with E-state index in [-0.39, 0.29) is 69.7 Å². The molecule has 0 unspecified atom stereocenters. The number of ketones is 1. The Balaban J connectivity index is 1.20. The number of allylic oxidation sites excluding steroid dienone is 3. The van der Waals surface area contributed by atoms with Crippen LogP contribution in [0.2, 0.25) is 0 Å². The van der Waals surface area contributed by atoms with Crippen molar-refractivity contribution in [1.29, 1.82) is 0 Å². The minimum absolute atomic E-state index is 0.00495. The van der Waals surface area contributed by atoms with Gasteiger partial charge in [-0.3, -0.25) is 14.4 Å². The Labute approximate surface area is 477 Å². The van der Waals surface area contributed by atoms with Crippen molar-refractivity contribution in [3.05, 3.63) is 61.3 Å². The molecule has 0 saturated carbocycles. The number of Topliss-reactive ketones (excluding diaryl/α,β-unsaturated/α-hetero) is 1. The molecule has 8 N–H and O–H groups in total. The van der Waals surface area contributed by atoms with Crippen LogP contribution in [0.15, 0.2) is 61.3 Å². The first-order valence-electron chi connectivity index (χ1n) is 29.4. The van der Waals surface area contributed by atoms with Crippen LogP contribution in [-0.4, -0.2) is 186 Å². The molecule has 10 bridgehead atoms. The standard InChI is InChI=1S/C61H94O20/c1-11-12-16-40(63)19-33(2)20-51-54(69)55-38(7)56(75-51)57(70)61(72)31-49(66)36(5)50(81-61)18-15-13-14-17-42-22-41(64)27-59(77-42)29-45(73-10)23-43(78-59)25-48(65)37(6)53(68)35(4)34(3)21-47-28-58(9,71)32-60(80-47)30-46(74-39(8)62)24-44(79-60)26-52(67)76-55/h11-12,14,16-17,35-38,40-47,49-51,53-57,63-64,66,68-72H,1-3,13,15,18-32H2,4-10H3/b16-12+,17-14-/t35-,36-,37-,38-,40-,41+,42+,43+,44-,45+,46+,47+,49+,50-,51-,53+,54-,55-,56-,57+,58+,59-,60-,61-/m1/s1. The first-order chi connectivity index (χ1) is 38.0. The second-order valence-electron chi connectivity index (χ2n) is 25.2. The van der Waals surface area contributed by atoms with Crippen molar-refractivity contribution in [3.8, 4) is 0 Å². The van der Waals surface area contributed by atoms with Crippen LogP contribution >= 0.6 is 0 Å². The summed E-state index contributed by atoms with van der Waals surface area (Å²) in [7, 11) is 1.58. The summed E-state index contributed by atoms with van der Waals surface area (Å²) in [6, 6.07) is 0. The summed E-state index contributed by atoms with van der Waals surface area (Å²) in [5, 5.41) is 93.8. The summed E-state index contributed by atoms with van der Waals surface area (Å²) in [5.41, 5.74) is -0.417. The van der Waals surface area contributed by atoms with Crippen molar-refractivity contribution < 1.29 is 97.9 Å². The van der Waals surface area contributed by atoms with Crippen molar-refractivity contribution in [2.24, 2.45) is 23.7 Å². The van der Waals surface area contributed by atoms with Crippen LogP contribution in [-0.2, 0) is 57.0 Å². The van der Waals surface area contributed by atoms with Gasteiger partial charge in [-0.2, -0.15) is 0 Å². The number of fused-ring (bicyclic) bond motifs is 8. The third-order valence-electron chi connectivity index (χ3n) is 18.0. The molecule has 2 spiro atoms. The Bertz CT molecular complexity index is 2250. The molecule has 6 fully saturated rings. The summed E-state index contributed by atoms with van der Waals surface area (Å²) in [4.78, 5) is 41.0. The summed E-state index contributed by atoms with van der Waals surface area (Å²) in [6.45, 7) is 21.8. The molecule has 20 nitrogen and oxygen atoms in total. The molecular formula is C61H94O20. The van der Waals surface area contributed by atoms with E-state index in [1.807, 2.05) is 12.2 Å². The van der Waals surface area contributed by atoms with Crippen molar-refractivity contribution in [2.45, 2.75) is 271 Å². The van der Waals surface area contributed by atoms with E-state index in [0.717, 1.165) is 0 Å². The Morgan fingerprint density at radius 3 is 2.21 bits per heavy atom. The molecule has 20 heteroatoms. The molecule has 81 heavy (non-hydrogen) atoms. The topological polar surface area (TPSA) is 296 Å². The zero-order valence-electron chi connectivity index (χ0n) is 48.6. The monoisotopic (exact) mass is 1150 g/mol. The second kappa shape index (κ2) is 27.4. The first-order valence-corrected chi connectivity index (χ1v) is 29.4. The number of methoxy groups -OCH3 is 1. The second-order valence-corrected chi connectivity index (χ2v) is 25.2. The number of aliphatic hydroxyl groups is 8. The fourth-order valence-electron chi connectivity index (χ4n) is 13.7. The average molecular weight is 1150 g/mol. The molecule has 7 aliphatic heterocycles. The molecule has 458 valence electrons. The predicted molar refractivity (Wildman–Crippen MR) is 293 cm³/mol. The minimum atomic E-state index is -2.38. The molecule has 7 heterocycles. The molecule has 0 aromatic rings. The number of carbonyl (C=O) groups is 3. The average Bonchev–Trinajstić information content (AvgIpc) is 3.57. The molecular weight excluding hydrogens is 1050 g/mol. The van der Waals surface area contributed by atoms with E-state index in [9.17, 15) is 55.2 Å². The lowest BCUT2D eigenvalue weighted by molar-refractivity contribution is -0.351. The van der Waals surface area contributed by atoms with Crippen LogP contribution in [0.3, 0.4) is 0 Å². The van der Waals surface area contributed by atoms with Gasteiger partial charge in [-0.25, -0.2) is 0 Å². The Morgan fingerprint density at radius 1 is 0.827 bits per heavy atom. The summed E-state index contributed by atoms with van der Waals surface area (Å²) in [6.07, 6.45) is -6.07. The van der Waals surface area contributed by atoms with Gasteiger partial charge in [0.25, 0.3) is 0 Å². The van der Waals surface area contributed by atoms with Crippen molar-refractivity contribution in [1.82, 2.24) is 0 Å². The fourth-order valence-corrected chi connectivity index (χ4v) is 13.7. The lowest BCUT2D eigenvalue weighted by Crippen LogP contribution is -2.65. The molecule has 0 aromatic heterocycles. The summed E-state index contributed by atoms with van der Waals surface area (Å²) < 4.78 is 57.2. The van der Waals surface area contributed by atoms with Crippen LogP contribution < -0.4 is 0 Å². The maximum atomic E-state index is 14.4. The van der Waals surface area contributed by atoms with E-state index in [0.29, 0.717) is 49.7 Å². The van der Waals surface area contributed by atoms with Crippen molar-refractivity contribution in [2.75, 3.05) is 7.11 Å². The molecule has 7 aliphatic rings. The molecule has 6 saturated heterocycles. The highest BCUT2D eigenvalue weighted by atomic mass is 16.7. The van der Waals surface area contributed by atoms with E-state index in [4.69, 9.17) is 42.6 Å². The molecule has 7 rings (SSSR count). The van der Waals surface area contributed by atoms with Crippen LogP contribution in [0.25, 0.3) is 0 Å². The predicted octanol–water partition coefficient (Wildman–Crippen LogP) is 4.77. The van der Waals surface area contributed by atoms with Gasteiger partial charge in [-0.1, -0.05) is 89.0 Å². The number of rotatable bonds is 8. The van der Waals surface area contributed by atoms with Gasteiger partial charge in [-0.05, 0) is 45.4 Å². The Kier molecular flexibility index (Phi) is 22.1. The van der Waals surface area contributed by atoms with Gasteiger partial charge < -0.3 is 83.5 Å². The Hall–Kier alpha value is -3.29.